The summed E-state index contributed by atoms with van der Waals surface area (Å²) >= 11 is 3.23. The van der Waals surface area contributed by atoms with Crippen molar-refractivity contribution in [1.82, 2.24) is 0 Å². The molecular formula is C19H19BrO4. The molecule has 0 saturated carbocycles. The quantitative estimate of drug-likeness (QED) is 0.589. The lowest BCUT2D eigenvalue weighted by atomic mass is 9.98. The third kappa shape index (κ3) is 4.23. The van der Waals surface area contributed by atoms with Gasteiger partial charge in [0.2, 0.25) is 5.78 Å². The first kappa shape index (κ1) is 18.2. The van der Waals surface area contributed by atoms with Crippen LogP contribution in [0.2, 0.25) is 0 Å². The van der Waals surface area contributed by atoms with Crippen LogP contribution in [-0.4, -0.2) is 23.5 Å². The van der Waals surface area contributed by atoms with E-state index in [9.17, 15) is 14.7 Å². The van der Waals surface area contributed by atoms with Crippen molar-refractivity contribution in [2.45, 2.75) is 26.7 Å². The van der Waals surface area contributed by atoms with E-state index in [1.165, 1.54) is 12.1 Å². The summed E-state index contributed by atoms with van der Waals surface area (Å²) in [5.74, 6) is -1.16. The van der Waals surface area contributed by atoms with Crippen molar-refractivity contribution < 1.29 is 19.4 Å². The molecule has 0 spiro atoms. The number of rotatable bonds is 6. The monoisotopic (exact) mass is 390 g/mol. The fourth-order valence-electron chi connectivity index (χ4n) is 2.37. The summed E-state index contributed by atoms with van der Waals surface area (Å²) in [6.45, 7) is 3.64. The SMILES string of the molecule is CCc1ccc(CC)c(C(=O)COC(=O)c2cc(Br)ccc2O)c1. The number of benzene rings is 2. The van der Waals surface area contributed by atoms with Crippen LogP contribution in [0.3, 0.4) is 0 Å². The highest BCUT2D eigenvalue weighted by molar-refractivity contribution is 9.10. The van der Waals surface area contributed by atoms with Crippen LogP contribution >= 0.6 is 15.9 Å². The average molecular weight is 391 g/mol. The molecule has 0 amide bonds. The second-order valence-corrected chi connectivity index (χ2v) is 6.28. The molecule has 24 heavy (non-hydrogen) atoms. The summed E-state index contributed by atoms with van der Waals surface area (Å²) in [6, 6.07) is 10.3. The fourth-order valence-corrected chi connectivity index (χ4v) is 2.73. The van der Waals surface area contributed by atoms with Gasteiger partial charge in [0.15, 0.2) is 6.61 Å². The van der Waals surface area contributed by atoms with Crippen LogP contribution in [0.4, 0.5) is 0 Å². The number of phenolic OH excluding ortho intramolecular Hbond substituents is 1. The molecule has 0 aliphatic rings. The summed E-state index contributed by atoms with van der Waals surface area (Å²) in [5.41, 5.74) is 2.60. The molecular weight excluding hydrogens is 372 g/mol. The Morgan fingerprint density at radius 1 is 1.04 bits per heavy atom. The van der Waals surface area contributed by atoms with Gasteiger partial charge in [-0.15, -0.1) is 0 Å². The number of aromatic hydroxyl groups is 1. The number of hydrogen-bond acceptors (Lipinski definition) is 4. The summed E-state index contributed by atoms with van der Waals surface area (Å²) in [6.07, 6.45) is 1.56. The number of phenols is 1. The van der Waals surface area contributed by atoms with Crippen LogP contribution in [0.15, 0.2) is 40.9 Å². The maximum atomic E-state index is 12.4. The van der Waals surface area contributed by atoms with Crippen LogP contribution < -0.4 is 0 Å². The number of ketones is 1. The van der Waals surface area contributed by atoms with Crippen molar-refractivity contribution in [3.63, 3.8) is 0 Å². The number of esters is 1. The molecule has 2 rings (SSSR count). The maximum Gasteiger partial charge on any atom is 0.342 e. The lowest BCUT2D eigenvalue weighted by Gasteiger charge is -2.10. The molecule has 0 bridgehead atoms. The molecule has 0 aliphatic carbocycles. The van der Waals surface area contributed by atoms with E-state index in [4.69, 9.17) is 4.74 Å². The van der Waals surface area contributed by atoms with Gasteiger partial charge in [0.25, 0.3) is 0 Å². The van der Waals surface area contributed by atoms with E-state index < -0.39 is 5.97 Å². The van der Waals surface area contributed by atoms with Gasteiger partial charge in [-0.25, -0.2) is 4.79 Å². The van der Waals surface area contributed by atoms with Crippen molar-refractivity contribution in [2.24, 2.45) is 0 Å². The first-order chi connectivity index (χ1) is 11.5. The number of ether oxygens (including phenoxy) is 1. The van der Waals surface area contributed by atoms with Gasteiger partial charge in [-0.3, -0.25) is 4.79 Å². The molecule has 5 heteroatoms. The van der Waals surface area contributed by atoms with Crippen molar-refractivity contribution in [3.05, 3.63) is 63.1 Å². The first-order valence-corrected chi connectivity index (χ1v) is 8.56. The highest BCUT2D eigenvalue weighted by Crippen LogP contribution is 2.23. The lowest BCUT2D eigenvalue weighted by molar-refractivity contribution is 0.0471. The molecule has 4 nitrogen and oxygen atoms in total. The fraction of sp³-hybridized carbons (Fsp3) is 0.263. The normalized spacial score (nSPS) is 10.5. The largest absolute Gasteiger partial charge is 0.507 e. The Morgan fingerprint density at radius 3 is 2.46 bits per heavy atom. The van der Waals surface area contributed by atoms with Gasteiger partial charge in [-0.1, -0.05) is 41.9 Å². The van der Waals surface area contributed by atoms with E-state index in [2.05, 4.69) is 15.9 Å². The molecule has 0 fully saturated rings. The highest BCUT2D eigenvalue weighted by Gasteiger charge is 2.17. The Balaban J connectivity index is 2.13. The molecule has 0 atom stereocenters. The van der Waals surface area contributed by atoms with Crippen LogP contribution in [-0.2, 0) is 17.6 Å². The Bertz CT molecular complexity index is 768. The van der Waals surface area contributed by atoms with Gasteiger partial charge >= 0.3 is 5.97 Å². The van der Waals surface area contributed by atoms with Crippen molar-refractivity contribution >= 4 is 27.7 Å². The van der Waals surface area contributed by atoms with E-state index >= 15 is 0 Å². The van der Waals surface area contributed by atoms with Crippen LogP contribution in [0.25, 0.3) is 0 Å². The van der Waals surface area contributed by atoms with Crippen LogP contribution in [0.5, 0.6) is 5.75 Å². The number of carbonyl (C=O) groups is 2. The predicted molar refractivity (Wildman–Crippen MR) is 95.6 cm³/mol. The van der Waals surface area contributed by atoms with Gasteiger partial charge in [0.05, 0.1) is 0 Å². The highest BCUT2D eigenvalue weighted by atomic mass is 79.9. The Morgan fingerprint density at radius 2 is 1.79 bits per heavy atom. The standard InChI is InChI=1S/C19H19BrO4/c1-3-12-5-6-13(4-2)15(9-12)18(22)11-24-19(23)16-10-14(20)7-8-17(16)21/h5-10,21H,3-4,11H2,1-2H3. The van der Waals surface area contributed by atoms with Crippen molar-refractivity contribution in [1.29, 1.82) is 0 Å². The topological polar surface area (TPSA) is 63.6 Å². The summed E-state index contributed by atoms with van der Waals surface area (Å²) in [5, 5.41) is 9.73. The molecule has 0 unspecified atom stereocenters. The Hall–Kier alpha value is -2.14. The molecule has 0 saturated heterocycles. The second kappa shape index (κ2) is 8.11. The third-order valence-corrected chi connectivity index (χ3v) is 4.27. The molecule has 126 valence electrons. The molecule has 0 aromatic heterocycles. The van der Waals surface area contributed by atoms with Gasteiger partial charge in [0.1, 0.15) is 11.3 Å². The summed E-state index contributed by atoms with van der Waals surface area (Å²) in [4.78, 5) is 24.5. The average Bonchev–Trinajstić information content (AvgIpc) is 2.60. The number of hydrogen-bond donors (Lipinski definition) is 1. The van der Waals surface area contributed by atoms with E-state index in [1.807, 2.05) is 32.0 Å². The first-order valence-electron chi connectivity index (χ1n) is 7.76. The molecule has 2 aromatic carbocycles. The zero-order valence-electron chi connectivity index (χ0n) is 13.6. The van der Waals surface area contributed by atoms with Crippen molar-refractivity contribution in [2.75, 3.05) is 6.61 Å². The number of aryl methyl sites for hydroxylation is 2. The smallest absolute Gasteiger partial charge is 0.342 e. The summed E-state index contributed by atoms with van der Waals surface area (Å²) in [7, 11) is 0. The Labute approximate surface area is 149 Å². The van der Waals surface area contributed by atoms with Gasteiger partial charge < -0.3 is 9.84 Å². The second-order valence-electron chi connectivity index (χ2n) is 5.36. The zero-order chi connectivity index (χ0) is 17.7. The van der Waals surface area contributed by atoms with Gasteiger partial charge in [-0.2, -0.15) is 0 Å². The summed E-state index contributed by atoms with van der Waals surface area (Å²) < 4.78 is 5.73. The van der Waals surface area contributed by atoms with Crippen LogP contribution in [0.1, 0.15) is 45.7 Å². The van der Waals surface area contributed by atoms with Crippen molar-refractivity contribution in [3.8, 4) is 5.75 Å². The van der Waals surface area contributed by atoms with E-state index in [0.29, 0.717) is 10.0 Å². The minimum Gasteiger partial charge on any atom is -0.507 e. The molecule has 0 aliphatic heterocycles. The minimum atomic E-state index is -0.730. The number of halogens is 1. The van der Waals surface area contributed by atoms with E-state index in [1.54, 1.807) is 6.07 Å². The molecule has 2 aromatic rings. The van der Waals surface area contributed by atoms with E-state index in [0.717, 1.165) is 24.0 Å². The van der Waals surface area contributed by atoms with E-state index in [-0.39, 0.29) is 23.7 Å². The lowest BCUT2D eigenvalue weighted by Crippen LogP contribution is -2.16. The third-order valence-electron chi connectivity index (χ3n) is 3.78. The Kier molecular flexibility index (Phi) is 6.15. The molecule has 0 heterocycles. The number of carbonyl (C=O) groups excluding carboxylic acids is 2. The molecule has 1 N–H and O–H groups in total. The molecule has 0 radical (unpaired) electrons. The maximum absolute atomic E-state index is 12.4. The van der Waals surface area contributed by atoms with Crippen LogP contribution in [0, 0.1) is 0 Å². The van der Waals surface area contributed by atoms with Gasteiger partial charge in [0, 0.05) is 10.0 Å². The van der Waals surface area contributed by atoms with Gasteiger partial charge in [-0.05, 0) is 48.2 Å². The predicted octanol–water partition coefficient (Wildman–Crippen LogP) is 4.32. The zero-order valence-corrected chi connectivity index (χ0v) is 15.2. The minimum absolute atomic E-state index is 0.0233. The number of Topliss-reactive ketones (excluding diaryl/α,β-unsaturated/α-hetero) is 1.